The third-order valence-electron chi connectivity index (χ3n) is 5.93. The SMILES string of the molecule is CN(CC1CCN(CC(O)c2ccccc2)CC1)C(C(N)=O)c1ccc(C#N)cc1. The molecule has 1 fully saturated rings. The Balaban J connectivity index is 1.52. The second-order valence-electron chi connectivity index (χ2n) is 8.15. The van der Waals surface area contributed by atoms with Crippen LogP contribution in [-0.4, -0.2) is 54.0 Å². The minimum atomic E-state index is -0.504. The summed E-state index contributed by atoms with van der Waals surface area (Å²) in [6.07, 6.45) is 1.57. The lowest BCUT2D eigenvalue weighted by Gasteiger charge is -2.36. The zero-order valence-corrected chi connectivity index (χ0v) is 17.4. The van der Waals surface area contributed by atoms with Crippen molar-refractivity contribution in [2.24, 2.45) is 11.7 Å². The van der Waals surface area contributed by atoms with Crippen molar-refractivity contribution >= 4 is 5.91 Å². The summed E-state index contributed by atoms with van der Waals surface area (Å²) >= 11 is 0. The Morgan fingerprint density at radius 2 is 1.80 bits per heavy atom. The Hall–Kier alpha value is -2.72. The molecule has 1 aliphatic heterocycles. The van der Waals surface area contributed by atoms with E-state index in [0.29, 0.717) is 18.0 Å². The van der Waals surface area contributed by atoms with Crippen LogP contribution in [0.5, 0.6) is 0 Å². The first-order chi connectivity index (χ1) is 14.5. The molecule has 3 N–H and O–H groups in total. The molecule has 158 valence electrons. The highest BCUT2D eigenvalue weighted by Gasteiger charge is 2.27. The Morgan fingerprint density at radius 1 is 1.17 bits per heavy atom. The van der Waals surface area contributed by atoms with E-state index >= 15 is 0 Å². The number of likely N-dealkylation sites (tertiary alicyclic amines) is 1. The molecule has 30 heavy (non-hydrogen) atoms. The zero-order valence-electron chi connectivity index (χ0n) is 17.4. The quantitative estimate of drug-likeness (QED) is 0.702. The predicted octanol–water partition coefficient (Wildman–Crippen LogP) is 2.46. The van der Waals surface area contributed by atoms with E-state index in [9.17, 15) is 9.90 Å². The van der Waals surface area contributed by atoms with Crippen LogP contribution in [0.3, 0.4) is 0 Å². The Kier molecular flexibility index (Phi) is 7.58. The molecule has 0 bridgehead atoms. The molecule has 1 amide bonds. The van der Waals surface area contributed by atoms with E-state index in [4.69, 9.17) is 11.0 Å². The van der Waals surface area contributed by atoms with E-state index in [1.807, 2.05) is 42.3 Å². The van der Waals surface area contributed by atoms with Crippen LogP contribution in [-0.2, 0) is 4.79 Å². The summed E-state index contributed by atoms with van der Waals surface area (Å²) in [6, 6.07) is 18.4. The minimum absolute atomic E-state index is 0.384. The number of piperidine rings is 1. The molecule has 6 heteroatoms. The van der Waals surface area contributed by atoms with Crippen molar-refractivity contribution in [1.29, 1.82) is 5.26 Å². The van der Waals surface area contributed by atoms with Gasteiger partial charge in [-0.3, -0.25) is 9.69 Å². The van der Waals surface area contributed by atoms with Crippen molar-refractivity contribution in [2.75, 3.05) is 33.2 Å². The number of aliphatic hydroxyl groups excluding tert-OH is 1. The topological polar surface area (TPSA) is 93.6 Å². The number of hydrogen-bond donors (Lipinski definition) is 2. The number of aliphatic hydroxyl groups is 1. The first-order valence-corrected chi connectivity index (χ1v) is 10.4. The van der Waals surface area contributed by atoms with Gasteiger partial charge in [0.15, 0.2) is 0 Å². The molecule has 0 spiro atoms. The minimum Gasteiger partial charge on any atom is -0.387 e. The number of carbonyl (C=O) groups is 1. The van der Waals surface area contributed by atoms with E-state index < -0.39 is 12.1 Å². The Morgan fingerprint density at radius 3 is 2.37 bits per heavy atom. The summed E-state index contributed by atoms with van der Waals surface area (Å²) in [5, 5.41) is 19.4. The maximum absolute atomic E-state index is 12.1. The standard InChI is InChI=1S/C24H30N4O2/c1-27(23(24(26)30)21-9-7-18(15-25)8-10-21)16-19-11-13-28(14-12-19)17-22(29)20-5-3-2-4-6-20/h2-10,19,22-23,29H,11-14,16-17H2,1H3,(H2,26,30). The number of benzene rings is 2. The van der Waals surface area contributed by atoms with Crippen LogP contribution >= 0.6 is 0 Å². The number of hydrogen-bond acceptors (Lipinski definition) is 5. The van der Waals surface area contributed by atoms with Crippen molar-refractivity contribution in [2.45, 2.75) is 25.0 Å². The fraction of sp³-hybridized carbons (Fsp3) is 0.417. The summed E-state index contributed by atoms with van der Waals surface area (Å²) in [6.45, 7) is 3.28. The third kappa shape index (κ3) is 5.67. The average molecular weight is 407 g/mol. The van der Waals surface area contributed by atoms with Crippen molar-refractivity contribution in [3.8, 4) is 6.07 Å². The molecule has 0 aromatic heterocycles. The second-order valence-corrected chi connectivity index (χ2v) is 8.15. The van der Waals surface area contributed by atoms with E-state index in [1.165, 1.54) is 0 Å². The fourth-order valence-electron chi connectivity index (χ4n) is 4.27. The Labute approximate surface area is 178 Å². The van der Waals surface area contributed by atoms with Gasteiger partial charge in [-0.05, 0) is 62.2 Å². The van der Waals surface area contributed by atoms with Crippen LogP contribution < -0.4 is 5.73 Å². The molecular weight excluding hydrogens is 376 g/mol. The van der Waals surface area contributed by atoms with Gasteiger partial charge in [0, 0.05) is 13.1 Å². The van der Waals surface area contributed by atoms with Crippen LogP contribution in [0.2, 0.25) is 0 Å². The van der Waals surface area contributed by atoms with Gasteiger partial charge in [0.25, 0.3) is 0 Å². The van der Waals surface area contributed by atoms with Gasteiger partial charge in [-0.15, -0.1) is 0 Å². The van der Waals surface area contributed by atoms with E-state index in [1.54, 1.807) is 24.3 Å². The first kappa shape index (κ1) is 22.0. The molecule has 6 nitrogen and oxygen atoms in total. The normalized spacial score (nSPS) is 17.4. The zero-order chi connectivity index (χ0) is 21.5. The van der Waals surface area contributed by atoms with Crippen LogP contribution in [0.1, 0.15) is 41.7 Å². The van der Waals surface area contributed by atoms with Crippen LogP contribution in [0.25, 0.3) is 0 Å². The largest absolute Gasteiger partial charge is 0.387 e. The maximum Gasteiger partial charge on any atom is 0.239 e. The number of nitriles is 1. The number of carbonyl (C=O) groups excluding carboxylic acids is 1. The lowest BCUT2D eigenvalue weighted by Crippen LogP contribution is -2.42. The molecule has 0 aliphatic carbocycles. The number of nitrogens with zero attached hydrogens (tertiary/aromatic N) is 3. The summed E-state index contributed by atoms with van der Waals surface area (Å²) in [5.41, 5.74) is 8.02. The number of β-amino-alcohol motifs (C(OH)–C–C–N with tert-alkyl or cyclic N) is 1. The monoisotopic (exact) mass is 406 g/mol. The van der Waals surface area contributed by atoms with Crippen LogP contribution in [0, 0.1) is 17.2 Å². The summed E-state index contributed by atoms with van der Waals surface area (Å²) in [5.74, 6) is 0.0889. The van der Waals surface area contributed by atoms with E-state index in [0.717, 1.165) is 43.6 Å². The molecule has 0 saturated carbocycles. The molecule has 1 heterocycles. The molecular formula is C24H30N4O2. The van der Waals surface area contributed by atoms with Gasteiger partial charge in [0.1, 0.15) is 6.04 Å². The molecule has 3 rings (SSSR count). The summed E-state index contributed by atoms with van der Waals surface area (Å²) < 4.78 is 0. The number of amides is 1. The third-order valence-corrected chi connectivity index (χ3v) is 5.93. The van der Waals surface area contributed by atoms with E-state index in [2.05, 4.69) is 11.0 Å². The average Bonchev–Trinajstić information content (AvgIpc) is 2.76. The number of primary amides is 1. The van der Waals surface area contributed by atoms with Gasteiger partial charge in [-0.2, -0.15) is 5.26 Å². The molecule has 2 aromatic rings. The molecule has 2 aromatic carbocycles. The van der Waals surface area contributed by atoms with Crippen molar-refractivity contribution in [1.82, 2.24) is 9.80 Å². The van der Waals surface area contributed by atoms with E-state index in [-0.39, 0.29) is 5.91 Å². The predicted molar refractivity (Wildman–Crippen MR) is 116 cm³/mol. The molecule has 2 unspecified atom stereocenters. The number of rotatable bonds is 8. The highest BCUT2D eigenvalue weighted by atomic mass is 16.3. The smallest absolute Gasteiger partial charge is 0.239 e. The lowest BCUT2D eigenvalue weighted by molar-refractivity contribution is -0.123. The Bertz CT molecular complexity index is 855. The molecule has 0 radical (unpaired) electrons. The highest BCUT2D eigenvalue weighted by molar-refractivity contribution is 5.81. The number of likely N-dealkylation sites (N-methyl/N-ethyl adjacent to an activating group) is 1. The van der Waals surface area contributed by atoms with Gasteiger partial charge in [0.2, 0.25) is 5.91 Å². The molecule has 1 aliphatic rings. The number of nitrogens with two attached hydrogens (primary N) is 1. The van der Waals surface area contributed by atoms with Crippen molar-refractivity contribution in [3.05, 3.63) is 71.3 Å². The maximum atomic E-state index is 12.1. The first-order valence-electron chi connectivity index (χ1n) is 10.4. The van der Waals surface area contributed by atoms with Gasteiger partial charge in [-0.1, -0.05) is 42.5 Å². The van der Waals surface area contributed by atoms with Crippen LogP contribution in [0.15, 0.2) is 54.6 Å². The summed E-state index contributed by atoms with van der Waals surface area (Å²) in [4.78, 5) is 16.4. The molecule has 2 atom stereocenters. The lowest BCUT2D eigenvalue weighted by atomic mass is 9.94. The molecule has 1 saturated heterocycles. The van der Waals surface area contributed by atoms with Gasteiger partial charge in [-0.25, -0.2) is 0 Å². The second kappa shape index (κ2) is 10.4. The summed E-state index contributed by atoms with van der Waals surface area (Å²) in [7, 11) is 1.93. The highest BCUT2D eigenvalue weighted by Crippen LogP contribution is 2.25. The van der Waals surface area contributed by atoms with Crippen molar-refractivity contribution < 1.29 is 9.90 Å². The van der Waals surface area contributed by atoms with Gasteiger partial charge < -0.3 is 15.7 Å². The van der Waals surface area contributed by atoms with Gasteiger partial charge in [0.05, 0.1) is 17.7 Å². The van der Waals surface area contributed by atoms with Crippen molar-refractivity contribution in [3.63, 3.8) is 0 Å². The van der Waals surface area contributed by atoms with Gasteiger partial charge >= 0.3 is 0 Å². The fourth-order valence-corrected chi connectivity index (χ4v) is 4.27. The van der Waals surface area contributed by atoms with Crippen LogP contribution in [0.4, 0.5) is 0 Å².